The van der Waals surface area contributed by atoms with Gasteiger partial charge in [0.25, 0.3) is 0 Å². The number of ketones is 1. The lowest BCUT2D eigenvalue weighted by atomic mass is 9.95. The van der Waals surface area contributed by atoms with Crippen molar-refractivity contribution in [3.63, 3.8) is 0 Å². The minimum Gasteiger partial charge on any atom is -0.347 e. The van der Waals surface area contributed by atoms with Crippen molar-refractivity contribution in [3.8, 4) is 0 Å². The van der Waals surface area contributed by atoms with Crippen molar-refractivity contribution >= 4 is 5.78 Å². The molecule has 3 aliphatic rings. The fourth-order valence-corrected chi connectivity index (χ4v) is 5.09. The number of hydrogen-bond acceptors (Lipinski definition) is 4. The summed E-state index contributed by atoms with van der Waals surface area (Å²) in [5.41, 5.74) is 3.32. The molecule has 2 aliphatic heterocycles. The molecule has 4 rings (SSSR count). The van der Waals surface area contributed by atoms with Gasteiger partial charge in [-0.3, -0.25) is 9.69 Å². The summed E-state index contributed by atoms with van der Waals surface area (Å²) in [6.07, 6.45) is 8.19. The number of hydrogen-bond donors (Lipinski definition) is 0. The van der Waals surface area contributed by atoms with Crippen LogP contribution in [0.15, 0.2) is 6.07 Å². The van der Waals surface area contributed by atoms with Gasteiger partial charge in [0.05, 0.1) is 19.8 Å². The van der Waals surface area contributed by atoms with Gasteiger partial charge < -0.3 is 14.0 Å². The number of Topliss-reactive ketones (excluding diaryl/α,β-unsaturated/α-hetero) is 1. The van der Waals surface area contributed by atoms with Crippen molar-refractivity contribution in [3.05, 3.63) is 23.0 Å². The van der Waals surface area contributed by atoms with Crippen LogP contribution >= 0.6 is 0 Å². The Morgan fingerprint density at radius 2 is 1.77 bits per heavy atom. The van der Waals surface area contributed by atoms with Crippen LogP contribution in [0.4, 0.5) is 0 Å². The van der Waals surface area contributed by atoms with E-state index in [1.54, 1.807) is 0 Å². The number of rotatable bonds is 4. The van der Waals surface area contributed by atoms with Gasteiger partial charge in [-0.1, -0.05) is 19.3 Å². The maximum Gasteiger partial charge on any atom is 0.178 e. The van der Waals surface area contributed by atoms with Crippen molar-refractivity contribution in [1.82, 2.24) is 9.47 Å². The minimum atomic E-state index is -0.365. The molecule has 0 N–H and O–H groups in total. The van der Waals surface area contributed by atoms with E-state index in [1.165, 1.54) is 37.8 Å². The lowest BCUT2D eigenvalue weighted by molar-refractivity contribution is -0.184. The molecule has 1 spiro atoms. The summed E-state index contributed by atoms with van der Waals surface area (Å²) in [4.78, 5) is 15.2. The first-order valence-corrected chi connectivity index (χ1v) is 10.3. The molecule has 0 unspecified atom stereocenters. The number of nitrogens with zero attached hydrogens (tertiary/aromatic N) is 2. The van der Waals surface area contributed by atoms with E-state index in [1.807, 2.05) is 0 Å². The third kappa shape index (κ3) is 3.49. The van der Waals surface area contributed by atoms with Crippen LogP contribution in [0.3, 0.4) is 0 Å². The molecule has 1 aliphatic carbocycles. The number of aryl methyl sites for hydroxylation is 1. The third-order valence-corrected chi connectivity index (χ3v) is 6.52. The molecule has 26 heavy (non-hydrogen) atoms. The standard InChI is InChI=1S/C21H32N2O3/c1-16-14-19(17(2)23(16)18-6-4-3-5-7-18)20(24)15-22-10-8-21(9-11-22)25-12-13-26-21/h14,18H,3-13,15H2,1-2H3. The van der Waals surface area contributed by atoms with Crippen LogP contribution in [0, 0.1) is 13.8 Å². The average molecular weight is 360 g/mol. The second-order valence-corrected chi connectivity index (χ2v) is 8.25. The van der Waals surface area contributed by atoms with Crippen molar-refractivity contribution in [2.24, 2.45) is 0 Å². The number of carbonyl (C=O) groups excluding carboxylic acids is 1. The summed E-state index contributed by atoms with van der Waals surface area (Å²) in [6.45, 7) is 7.92. The lowest BCUT2D eigenvalue weighted by Gasteiger charge is -2.37. The predicted octanol–water partition coefficient (Wildman–Crippen LogP) is 3.63. The van der Waals surface area contributed by atoms with Gasteiger partial charge in [-0.25, -0.2) is 0 Å². The smallest absolute Gasteiger partial charge is 0.178 e. The molecule has 1 aromatic rings. The molecule has 3 heterocycles. The quantitative estimate of drug-likeness (QED) is 0.769. The van der Waals surface area contributed by atoms with E-state index < -0.39 is 0 Å². The van der Waals surface area contributed by atoms with Crippen LogP contribution < -0.4 is 0 Å². The van der Waals surface area contributed by atoms with E-state index in [0.29, 0.717) is 25.8 Å². The number of aromatic nitrogens is 1. The summed E-state index contributed by atoms with van der Waals surface area (Å²) >= 11 is 0. The van der Waals surface area contributed by atoms with Gasteiger partial charge in [-0.2, -0.15) is 0 Å². The molecular weight excluding hydrogens is 328 g/mol. The zero-order chi connectivity index (χ0) is 18.1. The highest BCUT2D eigenvalue weighted by Crippen LogP contribution is 2.33. The highest BCUT2D eigenvalue weighted by molar-refractivity contribution is 5.99. The molecule has 1 saturated carbocycles. The predicted molar refractivity (Wildman–Crippen MR) is 101 cm³/mol. The molecule has 2 saturated heterocycles. The molecule has 0 amide bonds. The summed E-state index contributed by atoms with van der Waals surface area (Å²) in [5, 5.41) is 0. The lowest BCUT2D eigenvalue weighted by Crippen LogP contribution is -2.46. The second-order valence-electron chi connectivity index (χ2n) is 8.25. The Hall–Kier alpha value is -1.17. The number of carbonyl (C=O) groups is 1. The van der Waals surface area contributed by atoms with Gasteiger partial charge in [0.2, 0.25) is 0 Å². The molecular formula is C21H32N2O3. The van der Waals surface area contributed by atoms with Gasteiger partial charge in [0.15, 0.2) is 11.6 Å². The zero-order valence-corrected chi connectivity index (χ0v) is 16.3. The first kappa shape index (κ1) is 18.2. The number of ether oxygens (including phenoxy) is 2. The summed E-state index contributed by atoms with van der Waals surface area (Å²) < 4.78 is 14.0. The zero-order valence-electron chi connectivity index (χ0n) is 16.3. The maximum absolute atomic E-state index is 13.0. The van der Waals surface area contributed by atoms with Gasteiger partial charge in [0, 0.05) is 48.9 Å². The summed E-state index contributed by atoms with van der Waals surface area (Å²) in [7, 11) is 0. The molecule has 0 bridgehead atoms. The SMILES string of the molecule is Cc1cc(C(=O)CN2CCC3(CC2)OCCO3)c(C)n1C1CCCCC1. The Morgan fingerprint density at radius 1 is 1.12 bits per heavy atom. The normalized spacial score (nSPS) is 24.4. The van der Waals surface area contributed by atoms with Crippen molar-refractivity contribution < 1.29 is 14.3 Å². The fourth-order valence-electron chi connectivity index (χ4n) is 5.09. The summed E-state index contributed by atoms with van der Waals surface area (Å²) in [6, 6.07) is 2.69. The van der Waals surface area contributed by atoms with Crippen molar-refractivity contribution in [2.75, 3.05) is 32.8 Å². The third-order valence-electron chi connectivity index (χ3n) is 6.52. The topological polar surface area (TPSA) is 43.7 Å². The van der Waals surface area contributed by atoms with Crippen LogP contribution in [-0.4, -0.2) is 53.9 Å². The van der Waals surface area contributed by atoms with E-state index in [2.05, 4.69) is 29.4 Å². The summed E-state index contributed by atoms with van der Waals surface area (Å²) in [5.74, 6) is -0.111. The van der Waals surface area contributed by atoms with E-state index in [9.17, 15) is 4.79 Å². The largest absolute Gasteiger partial charge is 0.347 e. The van der Waals surface area contributed by atoms with Crippen LogP contribution in [-0.2, 0) is 9.47 Å². The number of piperidine rings is 1. The first-order chi connectivity index (χ1) is 12.6. The molecule has 5 nitrogen and oxygen atoms in total. The fraction of sp³-hybridized carbons (Fsp3) is 0.762. The van der Waals surface area contributed by atoms with E-state index in [0.717, 1.165) is 37.2 Å². The van der Waals surface area contributed by atoms with Gasteiger partial charge in [-0.05, 0) is 32.8 Å². The van der Waals surface area contributed by atoms with Crippen molar-refractivity contribution in [2.45, 2.75) is 70.6 Å². The Balaban J connectivity index is 1.40. The first-order valence-electron chi connectivity index (χ1n) is 10.3. The molecule has 144 valence electrons. The van der Waals surface area contributed by atoms with Gasteiger partial charge >= 0.3 is 0 Å². The Bertz CT molecular complexity index is 644. The maximum atomic E-state index is 13.0. The van der Waals surface area contributed by atoms with E-state index in [4.69, 9.17) is 9.47 Å². The van der Waals surface area contributed by atoms with Gasteiger partial charge in [-0.15, -0.1) is 0 Å². The number of likely N-dealkylation sites (tertiary alicyclic amines) is 1. The highest BCUT2D eigenvalue weighted by Gasteiger charge is 2.40. The van der Waals surface area contributed by atoms with Crippen LogP contribution in [0.25, 0.3) is 0 Å². The van der Waals surface area contributed by atoms with E-state index >= 15 is 0 Å². The monoisotopic (exact) mass is 360 g/mol. The van der Waals surface area contributed by atoms with E-state index in [-0.39, 0.29) is 11.6 Å². The molecule has 0 radical (unpaired) electrons. The Kier molecular flexibility index (Phi) is 5.22. The van der Waals surface area contributed by atoms with Crippen LogP contribution in [0.5, 0.6) is 0 Å². The average Bonchev–Trinajstić information content (AvgIpc) is 3.22. The van der Waals surface area contributed by atoms with Crippen molar-refractivity contribution in [1.29, 1.82) is 0 Å². The second kappa shape index (κ2) is 7.45. The van der Waals surface area contributed by atoms with Gasteiger partial charge in [0.1, 0.15) is 0 Å². The molecule has 0 atom stereocenters. The minimum absolute atomic E-state index is 0.254. The molecule has 1 aromatic heterocycles. The van der Waals surface area contributed by atoms with Crippen LogP contribution in [0.1, 0.15) is 72.7 Å². The van der Waals surface area contributed by atoms with Crippen LogP contribution in [0.2, 0.25) is 0 Å². The molecule has 0 aromatic carbocycles. The Morgan fingerprint density at radius 3 is 2.42 bits per heavy atom. The highest BCUT2D eigenvalue weighted by atomic mass is 16.7. The molecule has 5 heteroatoms. The molecule has 3 fully saturated rings. The Labute approximate surface area is 156 Å².